The Hall–Kier alpha value is -3.09. The van der Waals surface area contributed by atoms with E-state index in [1.165, 1.54) is 0 Å². The Kier molecular flexibility index (Phi) is 7.68. The van der Waals surface area contributed by atoms with Crippen LogP contribution in [0.5, 0.6) is 5.75 Å². The maximum absolute atomic E-state index is 12.1. The highest BCUT2D eigenvalue weighted by Gasteiger charge is 2.42. The molecular weight excluding hydrogens is 480 g/mol. The minimum Gasteiger partial charge on any atom is -0.480 e. The predicted octanol–water partition coefficient (Wildman–Crippen LogP) is 1.50. The highest BCUT2D eigenvalue weighted by molar-refractivity contribution is 5.74. The minimum absolute atomic E-state index is 0.166. The second kappa shape index (κ2) is 11.1. The molecule has 6 atom stereocenters. The third-order valence-corrected chi connectivity index (χ3v) is 8.08. The van der Waals surface area contributed by atoms with Crippen LogP contribution >= 0.6 is 0 Å². The zero-order valence-electron chi connectivity index (χ0n) is 20.9. The molecule has 1 aromatic heterocycles. The summed E-state index contributed by atoms with van der Waals surface area (Å²) in [6.45, 7) is 2.15. The van der Waals surface area contributed by atoms with Gasteiger partial charge in [0, 0.05) is 25.8 Å². The molecule has 0 radical (unpaired) electrons. The van der Waals surface area contributed by atoms with Crippen molar-refractivity contribution < 1.29 is 29.3 Å². The average molecular weight is 515 g/mol. The maximum atomic E-state index is 12.1. The lowest BCUT2D eigenvalue weighted by Gasteiger charge is -2.42. The van der Waals surface area contributed by atoms with Gasteiger partial charge in [-0.05, 0) is 85.9 Å². The van der Waals surface area contributed by atoms with Gasteiger partial charge in [0.25, 0.3) is 0 Å². The second-order valence-electron chi connectivity index (χ2n) is 10.4. The second-order valence-corrected chi connectivity index (χ2v) is 10.4. The Morgan fingerprint density at radius 2 is 1.89 bits per heavy atom. The van der Waals surface area contributed by atoms with Crippen LogP contribution in [0, 0.1) is 17.8 Å². The molecule has 3 heterocycles. The number of ether oxygens (including phenoxy) is 2. The first kappa shape index (κ1) is 25.6. The fraction of sp³-hybridized carbons (Fsp3) is 0.640. The Morgan fingerprint density at radius 3 is 2.62 bits per heavy atom. The summed E-state index contributed by atoms with van der Waals surface area (Å²) in [6.07, 6.45) is 4.08. The average Bonchev–Trinajstić information content (AvgIpc) is 3.55. The molecule has 0 spiro atoms. The molecule has 5 rings (SSSR count). The molecule has 3 aliphatic rings. The van der Waals surface area contributed by atoms with Crippen LogP contribution in [0.25, 0.3) is 11.4 Å². The van der Waals surface area contributed by atoms with Gasteiger partial charge in [-0.1, -0.05) is 0 Å². The molecule has 0 amide bonds. The summed E-state index contributed by atoms with van der Waals surface area (Å²) in [5.74, 6) is 0.749. The summed E-state index contributed by atoms with van der Waals surface area (Å²) in [5.41, 5.74) is 0.791. The molecule has 12 heteroatoms. The van der Waals surface area contributed by atoms with E-state index in [1.54, 1.807) is 11.9 Å². The van der Waals surface area contributed by atoms with E-state index in [0.717, 1.165) is 31.4 Å². The van der Waals surface area contributed by atoms with Crippen molar-refractivity contribution >= 4 is 11.9 Å². The van der Waals surface area contributed by atoms with E-state index in [-0.39, 0.29) is 12.8 Å². The molecule has 1 aromatic carbocycles. The van der Waals surface area contributed by atoms with Gasteiger partial charge in [0.2, 0.25) is 5.82 Å². The number of hydrogen-bond donors (Lipinski definition) is 3. The number of tetrazole rings is 1. The number of carboxylic acids is 2. The van der Waals surface area contributed by atoms with Gasteiger partial charge in [-0.3, -0.25) is 14.5 Å². The topological polar surface area (TPSA) is 152 Å². The van der Waals surface area contributed by atoms with Gasteiger partial charge < -0.3 is 25.0 Å². The number of hydrogen-bond acceptors (Lipinski definition) is 9. The largest absolute Gasteiger partial charge is 0.480 e. The molecule has 2 aromatic rings. The number of piperidine rings is 1. The third kappa shape index (κ3) is 5.76. The number of rotatable bonds is 9. The van der Waals surface area contributed by atoms with E-state index < -0.39 is 24.0 Å². The molecular formula is C25H34N6O6. The lowest BCUT2D eigenvalue weighted by atomic mass is 9.69. The minimum atomic E-state index is -0.837. The van der Waals surface area contributed by atoms with Crippen molar-refractivity contribution in [1.29, 1.82) is 0 Å². The van der Waals surface area contributed by atoms with Crippen LogP contribution in [0.1, 0.15) is 38.1 Å². The predicted molar refractivity (Wildman–Crippen MR) is 131 cm³/mol. The maximum Gasteiger partial charge on any atom is 0.321 e. The summed E-state index contributed by atoms with van der Waals surface area (Å²) in [4.78, 5) is 27.1. The van der Waals surface area contributed by atoms with Gasteiger partial charge in [0.15, 0.2) is 6.79 Å². The Labute approximate surface area is 214 Å². The van der Waals surface area contributed by atoms with Gasteiger partial charge in [-0.15, -0.1) is 10.2 Å². The van der Waals surface area contributed by atoms with E-state index in [2.05, 4.69) is 20.7 Å². The fourth-order valence-electron chi connectivity index (χ4n) is 6.17. The molecule has 3 N–H and O–H groups in total. The summed E-state index contributed by atoms with van der Waals surface area (Å²) < 4.78 is 10.3. The number of benzene rings is 1. The highest BCUT2D eigenvalue weighted by Crippen LogP contribution is 2.40. The first-order chi connectivity index (χ1) is 17.9. The number of fused-ring (bicyclic) bond motifs is 1. The SMILES string of the molecule is COCOc1ccc(-c2nnn([C@H]3C[C@@H](C(=O)O)N(C[C@H]4CC[C@H]5CN[C@H](C(=O)O)C[C@H]5C4)C3)n2)cc1. The van der Waals surface area contributed by atoms with Crippen LogP contribution in [0.4, 0.5) is 0 Å². The first-order valence-corrected chi connectivity index (χ1v) is 12.9. The van der Waals surface area contributed by atoms with Gasteiger partial charge in [0.1, 0.15) is 17.8 Å². The molecule has 0 bridgehead atoms. The smallest absolute Gasteiger partial charge is 0.321 e. The van der Waals surface area contributed by atoms with Crippen molar-refractivity contribution in [3.8, 4) is 17.1 Å². The number of carboxylic acid groups (broad SMARTS) is 2. The summed E-state index contributed by atoms with van der Waals surface area (Å²) in [6, 6.07) is 6.04. The van der Waals surface area contributed by atoms with E-state index >= 15 is 0 Å². The zero-order valence-corrected chi connectivity index (χ0v) is 20.9. The van der Waals surface area contributed by atoms with Crippen LogP contribution in [-0.4, -0.2) is 92.9 Å². The fourth-order valence-corrected chi connectivity index (χ4v) is 6.17. The standard InChI is InChI=1S/C25H34N6O6/c1-36-14-37-20-6-4-16(5-7-20)23-27-29-31(28-23)19-10-22(25(34)35)30(13-19)12-15-2-3-17-11-26-21(24(32)33)9-18(17)8-15/h4-7,15,17-19,21-22,26H,2-3,8-14H2,1H3,(H,32,33)(H,34,35)/t15-,17-,18+,19-,21-,22-/m0/s1. The summed E-state index contributed by atoms with van der Waals surface area (Å²) in [7, 11) is 1.56. The van der Waals surface area contributed by atoms with Crippen LogP contribution in [-0.2, 0) is 14.3 Å². The van der Waals surface area contributed by atoms with Gasteiger partial charge >= 0.3 is 11.9 Å². The van der Waals surface area contributed by atoms with Crippen molar-refractivity contribution in [2.24, 2.45) is 17.8 Å². The van der Waals surface area contributed by atoms with Crippen molar-refractivity contribution in [3.63, 3.8) is 0 Å². The van der Waals surface area contributed by atoms with Crippen LogP contribution in [0.2, 0.25) is 0 Å². The lowest BCUT2D eigenvalue weighted by Crippen LogP contribution is -2.50. The van der Waals surface area contributed by atoms with Crippen molar-refractivity contribution in [3.05, 3.63) is 24.3 Å². The molecule has 2 aliphatic heterocycles. The molecule has 12 nitrogen and oxygen atoms in total. The lowest BCUT2D eigenvalue weighted by molar-refractivity contribution is -0.143. The quantitative estimate of drug-likeness (QED) is 0.417. The van der Waals surface area contributed by atoms with Crippen LogP contribution in [0.15, 0.2) is 24.3 Å². The zero-order chi connectivity index (χ0) is 25.9. The normalized spacial score (nSPS) is 30.1. The number of nitrogens with one attached hydrogen (secondary N) is 1. The van der Waals surface area contributed by atoms with E-state index in [9.17, 15) is 19.8 Å². The van der Waals surface area contributed by atoms with Gasteiger partial charge in [-0.25, -0.2) is 0 Å². The van der Waals surface area contributed by atoms with E-state index in [0.29, 0.717) is 55.3 Å². The molecule has 1 saturated carbocycles. The summed E-state index contributed by atoms with van der Waals surface area (Å²) >= 11 is 0. The Bertz CT molecular complexity index is 1090. The van der Waals surface area contributed by atoms with Crippen molar-refractivity contribution in [2.75, 3.05) is 33.5 Å². The van der Waals surface area contributed by atoms with Crippen molar-refractivity contribution in [2.45, 2.75) is 50.2 Å². The van der Waals surface area contributed by atoms with E-state index in [4.69, 9.17) is 9.47 Å². The van der Waals surface area contributed by atoms with Gasteiger partial charge in [-0.2, -0.15) is 4.80 Å². The van der Waals surface area contributed by atoms with Gasteiger partial charge in [0.05, 0.1) is 6.04 Å². The summed E-state index contributed by atoms with van der Waals surface area (Å²) in [5, 5.41) is 35.5. The van der Waals surface area contributed by atoms with Crippen LogP contribution in [0.3, 0.4) is 0 Å². The first-order valence-electron chi connectivity index (χ1n) is 12.9. The molecule has 0 unspecified atom stereocenters. The monoisotopic (exact) mass is 514 g/mol. The van der Waals surface area contributed by atoms with Crippen molar-refractivity contribution in [1.82, 2.24) is 30.4 Å². The van der Waals surface area contributed by atoms with Crippen LogP contribution < -0.4 is 10.1 Å². The molecule has 2 saturated heterocycles. The highest BCUT2D eigenvalue weighted by atomic mass is 16.7. The molecule has 1 aliphatic carbocycles. The Morgan fingerprint density at radius 1 is 1.08 bits per heavy atom. The number of methoxy groups -OCH3 is 1. The Balaban J connectivity index is 1.22. The number of carbonyl (C=O) groups is 2. The molecule has 37 heavy (non-hydrogen) atoms. The molecule has 200 valence electrons. The number of aromatic nitrogens is 4. The number of likely N-dealkylation sites (tertiary alicyclic amines) is 1. The van der Waals surface area contributed by atoms with E-state index in [1.807, 2.05) is 29.2 Å². The number of aliphatic carboxylic acids is 2. The number of nitrogens with zero attached hydrogens (tertiary/aromatic N) is 5. The molecule has 3 fully saturated rings. The third-order valence-electron chi connectivity index (χ3n) is 8.08.